The molecule has 0 N–H and O–H groups in total. The van der Waals surface area contributed by atoms with Gasteiger partial charge in [0.25, 0.3) is 0 Å². The molecule has 0 aliphatic carbocycles. The Balaban J connectivity index is 1.46. The highest BCUT2D eigenvalue weighted by molar-refractivity contribution is 7.99. The van der Waals surface area contributed by atoms with Crippen molar-refractivity contribution < 1.29 is 4.79 Å². The zero-order valence-corrected chi connectivity index (χ0v) is 19.1. The van der Waals surface area contributed by atoms with Crippen LogP contribution in [-0.4, -0.2) is 33.0 Å². The fourth-order valence-electron chi connectivity index (χ4n) is 3.98. The second-order valence-electron chi connectivity index (χ2n) is 7.65. The van der Waals surface area contributed by atoms with Crippen LogP contribution >= 0.6 is 23.4 Å². The topological polar surface area (TPSA) is 51.0 Å². The molecule has 0 unspecified atom stereocenters. The van der Waals surface area contributed by atoms with Gasteiger partial charge in [-0.2, -0.15) is 0 Å². The maximum absolute atomic E-state index is 13.0. The molecule has 1 aliphatic heterocycles. The van der Waals surface area contributed by atoms with Crippen molar-refractivity contribution in [3.8, 4) is 17.1 Å². The van der Waals surface area contributed by atoms with Crippen LogP contribution in [0, 0.1) is 6.92 Å². The first kappa shape index (κ1) is 20.8. The van der Waals surface area contributed by atoms with Gasteiger partial charge >= 0.3 is 0 Å². The number of fused-ring (bicyclic) bond motifs is 1. The molecule has 0 bridgehead atoms. The molecule has 0 saturated carbocycles. The Bertz CT molecular complexity index is 1290. The van der Waals surface area contributed by atoms with Gasteiger partial charge in [0.15, 0.2) is 11.0 Å². The molecule has 160 valence electrons. The number of hydrogen-bond acceptors (Lipinski definition) is 4. The van der Waals surface area contributed by atoms with Gasteiger partial charge in [0, 0.05) is 22.8 Å². The average Bonchev–Trinajstić information content (AvgIpc) is 3.43. The fourth-order valence-corrected chi connectivity index (χ4v) is 4.93. The minimum absolute atomic E-state index is 0.0762. The maximum atomic E-state index is 13.0. The third-order valence-electron chi connectivity index (χ3n) is 5.61. The number of aryl methyl sites for hydroxylation is 1. The van der Waals surface area contributed by atoms with Crippen LogP contribution in [0.15, 0.2) is 78.0 Å². The third-order valence-corrected chi connectivity index (χ3v) is 6.77. The lowest BCUT2D eigenvalue weighted by atomic mass is 10.1. The van der Waals surface area contributed by atoms with Crippen LogP contribution in [-0.2, 0) is 11.2 Å². The van der Waals surface area contributed by atoms with Crippen LogP contribution in [0.1, 0.15) is 11.1 Å². The Labute approximate surface area is 196 Å². The number of carbonyl (C=O) groups excluding carboxylic acids is 1. The number of anilines is 1. The number of para-hydroxylation sites is 2. The summed E-state index contributed by atoms with van der Waals surface area (Å²) in [5.41, 5.74) is 5.24. The lowest BCUT2D eigenvalue weighted by Gasteiger charge is -2.17. The zero-order chi connectivity index (χ0) is 22.1. The molecule has 1 aliphatic rings. The second kappa shape index (κ2) is 8.81. The molecule has 4 aromatic rings. The second-order valence-corrected chi connectivity index (χ2v) is 9.03. The fraction of sp³-hybridized carbons (Fsp3) is 0.160. The van der Waals surface area contributed by atoms with Crippen LogP contribution in [0.25, 0.3) is 17.1 Å². The number of rotatable bonds is 5. The molecule has 7 heteroatoms. The van der Waals surface area contributed by atoms with Crippen molar-refractivity contribution in [2.45, 2.75) is 18.5 Å². The molecule has 0 atom stereocenters. The van der Waals surface area contributed by atoms with Crippen molar-refractivity contribution in [3.63, 3.8) is 0 Å². The Morgan fingerprint density at radius 2 is 1.69 bits per heavy atom. The van der Waals surface area contributed by atoms with Crippen LogP contribution in [0.3, 0.4) is 0 Å². The molecule has 1 aromatic heterocycles. The Morgan fingerprint density at radius 3 is 2.47 bits per heavy atom. The molecule has 32 heavy (non-hydrogen) atoms. The summed E-state index contributed by atoms with van der Waals surface area (Å²) < 4.78 is 2.02. The van der Waals surface area contributed by atoms with Gasteiger partial charge in [-0.3, -0.25) is 9.36 Å². The molecule has 0 saturated heterocycles. The van der Waals surface area contributed by atoms with Gasteiger partial charge < -0.3 is 4.90 Å². The normalized spacial score (nSPS) is 12.8. The number of thioether (sulfide) groups is 1. The minimum atomic E-state index is 0.0762. The van der Waals surface area contributed by atoms with Crippen molar-refractivity contribution in [2.75, 3.05) is 17.2 Å². The van der Waals surface area contributed by atoms with E-state index in [4.69, 9.17) is 11.6 Å². The highest BCUT2D eigenvalue weighted by atomic mass is 35.5. The number of nitrogens with zero attached hydrogens (tertiary/aromatic N) is 4. The van der Waals surface area contributed by atoms with E-state index in [0.717, 1.165) is 41.3 Å². The van der Waals surface area contributed by atoms with Gasteiger partial charge in [0.2, 0.25) is 5.91 Å². The van der Waals surface area contributed by atoms with E-state index in [1.807, 2.05) is 70.1 Å². The SMILES string of the molecule is Cc1ccccc1-n1c(SCC(=O)N2CCc3ccccc32)nnc1-c1ccc(Cl)cc1. The molecule has 2 heterocycles. The van der Waals surface area contributed by atoms with Crippen molar-refractivity contribution >= 4 is 35.0 Å². The molecular weight excluding hydrogens is 440 g/mol. The Kier molecular flexibility index (Phi) is 5.72. The van der Waals surface area contributed by atoms with E-state index in [9.17, 15) is 4.79 Å². The van der Waals surface area contributed by atoms with Crippen molar-refractivity contribution in [2.24, 2.45) is 0 Å². The van der Waals surface area contributed by atoms with Gasteiger partial charge in [0.1, 0.15) is 0 Å². The molecule has 5 rings (SSSR count). The van der Waals surface area contributed by atoms with E-state index in [-0.39, 0.29) is 5.91 Å². The van der Waals surface area contributed by atoms with Crippen LogP contribution in [0.2, 0.25) is 5.02 Å². The van der Waals surface area contributed by atoms with E-state index in [2.05, 4.69) is 29.3 Å². The molecule has 5 nitrogen and oxygen atoms in total. The van der Waals surface area contributed by atoms with E-state index in [1.165, 1.54) is 17.3 Å². The number of halogens is 1. The first-order valence-corrected chi connectivity index (χ1v) is 11.8. The lowest BCUT2D eigenvalue weighted by molar-refractivity contribution is -0.116. The lowest BCUT2D eigenvalue weighted by Crippen LogP contribution is -2.30. The highest BCUT2D eigenvalue weighted by Crippen LogP contribution is 2.32. The standard InChI is InChI=1S/C25H21ClN4OS/c1-17-6-2-4-8-21(17)30-24(19-10-12-20(26)13-11-19)27-28-25(30)32-16-23(31)29-15-14-18-7-3-5-9-22(18)29/h2-13H,14-16H2,1H3. The maximum Gasteiger partial charge on any atom is 0.237 e. The Hall–Kier alpha value is -3.09. The summed E-state index contributed by atoms with van der Waals surface area (Å²) in [7, 11) is 0. The molecule has 0 radical (unpaired) electrons. The van der Waals surface area contributed by atoms with Crippen molar-refractivity contribution in [1.29, 1.82) is 0 Å². The largest absolute Gasteiger partial charge is 0.311 e. The minimum Gasteiger partial charge on any atom is -0.311 e. The Morgan fingerprint density at radius 1 is 0.969 bits per heavy atom. The zero-order valence-electron chi connectivity index (χ0n) is 17.5. The summed E-state index contributed by atoms with van der Waals surface area (Å²) in [4.78, 5) is 14.9. The van der Waals surface area contributed by atoms with Gasteiger partial charge in [-0.15, -0.1) is 10.2 Å². The predicted molar refractivity (Wildman–Crippen MR) is 130 cm³/mol. The first-order valence-electron chi connectivity index (χ1n) is 10.4. The number of benzene rings is 3. The van der Waals surface area contributed by atoms with Crippen LogP contribution < -0.4 is 4.90 Å². The molecule has 1 amide bonds. The predicted octanol–water partition coefficient (Wildman–Crippen LogP) is 5.58. The molecule has 3 aromatic carbocycles. The summed E-state index contributed by atoms with van der Waals surface area (Å²) in [5, 5.41) is 10.3. The van der Waals surface area contributed by atoms with Gasteiger partial charge in [0.05, 0.1) is 11.4 Å². The summed E-state index contributed by atoms with van der Waals surface area (Å²) >= 11 is 7.49. The monoisotopic (exact) mass is 460 g/mol. The van der Waals surface area contributed by atoms with Gasteiger partial charge in [-0.25, -0.2) is 0 Å². The summed E-state index contributed by atoms with van der Waals surface area (Å²) in [6.45, 7) is 2.78. The number of carbonyl (C=O) groups is 1. The van der Waals surface area contributed by atoms with E-state index >= 15 is 0 Å². The first-order chi connectivity index (χ1) is 15.6. The van der Waals surface area contributed by atoms with E-state index in [0.29, 0.717) is 15.9 Å². The smallest absolute Gasteiger partial charge is 0.237 e. The van der Waals surface area contributed by atoms with Crippen LogP contribution in [0.5, 0.6) is 0 Å². The summed E-state index contributed by atoms with van der Waals surface area (Å²) in [6, 6.07) is 23.7. The average molecular weight is 461 g/mol. The molecule has 0 spiro atoms. The van der Waals surface area contributed by atoms with Crippen molar-refractivity contribution in [1.82, 2.24) is 14.8 Å². The highest BCUT2D eigenvalue weighted by Gasteiger charge is 2.25. The number of aromatic nitrogens is 3. The number of hydrogen-bond donors (Lipinski definition) is 0. The van der Waals surface area contributed by atoms with E-state index < -0.39 is 0 Å². The van der Waals surface area contributed by atoms with E-state index in [1.54, 1.807) is 0 Å². The quantitative estimate of drug-likeness (QED) is 0.365. The van der Waals surface area contributed by atoms with Crippen LogP contribution in [0.4, 0.5) is 5.69 Å². The molecular formula is C25H21ClN4OS. The van der Waals surface area contributed by atoms with Crippen molar-refractivity contribution in [3.05, 3.63) is 88.9 Å². The third kappa shape index (κ3) is 3.92. The number of amides is 1. The summed E-state index contributed by atoms with van der Waals surface area (Å²) in [6.07, 6.45) is 0.896. The molecule has 0 fully saturated rings. The summed E-state index contributed by atoms with van der Waals surface area (Å²) in [5.74, 6) is 1.09. The van der Waals surface area contributed by atoms with Gasteiger partial charge in [-0.05, 0) is 60.9 Å². The van der Waals surface area contributed by atoms with Gasteiger partial charge in [-0.1, -0.05) is 59.8 Å².